The van der Waals surface area contributed by atoms with Crippen LogP contribution in [0, 0.1) is 13.8 Å². The normalized spacial score (nSPS) is 12.1. The van der Waals surface area contributed by atoms with Crippen LogP contribution in [0.1, 0.15) is 59.2 Å². The number of para-hydroxylation sites is 1. The van der Waals surface area contributed by atoms with E-state index in [9.17, 15) is 14.4 Å². The third-order valence-electron chi connectivity index (χ3n) is 5.64. The number of ketones is 1. The fourth-order valence-corrected chi connectivity index (χ4v) is 5.02. The molecule has 0 aliphatic rings. The van der Waals surface area contributed by atoms with Gasteiger partial charge in [0.2, 0.25) is 11.8 Å². The van der Waals surface area contributed by atoms with Crippen LogP contribution >= 0.6 is 11.8 Å². The van der Waals surface area contributed by atoms with Crippen molar-refractivity contribution in [2.75, 3.05) is 11.9 Å². The van der Waals surface area contributed by atoms with Gasteiger partial charge in [0.1, 0.15) is 11.3 Å². The number of fused-ring (bicyclic) bond motifs is 3. The highest BCUT2D eigenvalue weighted by molar-refractivity contribution is 8.00. The highest BCUT2D eigenvalue weighted by Crippen LogP contribution is 2.32. The molecule has 0 radical (unpaired) electrons. The zero-order chi connectivity index (χ0) is 25.3. The molecule has 1 aromatic carbocycles. The first-order valence-corrected chi connectivity index (χ1v) is 12.2. The Kier molecular flexibility index (Phi) is 6.93. The molecule has 10 heteroatoms. The smallest absolute Gasteiger partial charge is 0.344 e. The molecule has 0 fully saturated rings. The Hall–Kier alpha value is -3.66. The van der Waals surface area contributed by atoms with Crippen molar-refractivity contribution in [3.63, 3.8) is 0 Å². The minimum atomic E-state index is -0.726. The number of aromatic nitrogens is 3. The van der Waals surface area contributed by atoms with Crippen LogP contribution in [-0.2, 0) is 9.53 Å². The number of hydrogen-bond donors (Lipinski definition) is 1. The summed E-state index contributed by atoms with van der Waals surface area (Å²) in [6, 6.07) is 9.90. The van der Waals surface area contributed by atoms with Gasteiger partial charge >= 0.3 is 5.97 Å². The molecule has 4 rings (SSSR count). The number of nitrogens with one attached hydrogen (secondary N) is 1. The molecule has 0 spiro atoms. The Morgan fingerprint density at radius 1 is 1.14 bits per heavy atom. The second-order valence-electron chi connectivity index (χ2n) is 8.04. The molecular weight excluding hydrogens is 468 g/mol. The zero-order valence-corrected chi connectivity index (χ0v) is 21.0. The van der Waals surface area contributed by atoms with E-state index in [1.807, 2.05) is 48.6 Å². The number of Topliss-reactive ketones (excluding diaryl/α,β-unsaturated/α-hetero) is 1. The fraction of sp³-hybridized carbons (Fsp3) is 0.320. The highest BCUT2D eigenvalue weighted by atomic mass is 32.2. The van der Waals surface area contributed by atoms with Crippen LogP contribution in [-0.4, -0.2) is 44.1 Å². The number of rotatable bonds is 8. The van der Waals surface area contributed by atoms with E-state index in [-0.39, 0.29) is 41.1 Å². The summed E-state index contributed by atoms with van der Waals surface area (Å²) in [6.45, 7) is 8.58. The molecule has 182 valence electrons. The highest BCUT2D eigenvalue weighted by Gasteiger charge is 2.31. The number of carbonyl (C=O) groups excluding carboxylic acids is 3. The van der Waals surface area contributed by atoms with Crippen LogP contribution < -0.4 is 5.32 Å². The first-order chi connectivity index (χ1) is 16.8. The Morgan fingerprint density at radius 2 is 1.89 bits per heavy atom. The van der Waals surface area contributed by atoms with Gasteiger partial charge in [-0.15, -0.1) is 10.2 Å². The van der Waals surface area contributed by atoms with Crippen LogP contribution in [0.2, 0.25) is 0 Å². The van der Waals surface area contributed by atoms with Gasteiger partial charge < -0.3 is 9.15 Å². The van der Waals surface area contributed by atoms with Gasteiger partial charge in [-0.1, -0.05) is 36.9 Å². The molecule has 0 saturated carbocycles. The molecule has 1 unspecified atom stereocenters. The summed E-state index contributed by atoms with van der Waals surface area (Å²) in [6.07, 6.45) is 0.475. The summed E-state index contributed by atoms with van der Waals surface area (Å²) in [5, 5.41) is 12.4. The van der Waals surface area contributed by atoms with Crippen LogP contribution in [0.5, 0.6) is 0 Å². The maximum Gasteiger partial charge on any atom is 0.344 e. The van der Waals surface area contributed by atoms with Crippen molar-refractivity contribution in [1.29, 1.82) is 0 Å². The molecule has 0 saturated heterocycles. The number of furan rings is 1. The van der Waals surface area contributed by atoms with Crippen molar-refractivity contribution in [3.05, 3.63) is 52.8 Å². The van der Waals surface area contributed by atoms with Gasteiger partial charge in [-0.25, -0.2) is 4.79 Å². The van der Waals surface area contributed by atoms with E-state index in [4.69, 9.17) is 9.15 Å². The lowest BCUT2D eigenvalue weighted by Gasteiger charge is -2.14. The Morgan fingerprint density at radius 3 is 2.57 bits per heavy atom. The Bertz CT molecular complexity index is 1460. The van der Waals surface area contributed by atoms with Gasteiger partial charge in [-0.3, -0.25) is 19.3 Å². The largest absolute Gasteiger partial charge is 0.462 e. The molecule has 1 N–H and O–H groups in total. The van der Waals surface area contributed by atoms with Gasteiger partial charge in [0.15, 0.2) is 16.6 Å². The second kappa shape index (κ2) is 9.91. The lowest BCUT2D eigenvalue weighted by Crippen LogP contribution is -2.26. The number of anilines is 1. The van der Waals surface area contributed by atoms with E-state index in [1.165, 1.54) is 18.7 Å². The minimum Gasteiger partial charge on any atom is -0.462 e. The van der Waals surface area contributed by atoms with Gasteiger partial charge in [0.05, 0.1) is 22.9 Å². The van der Waals surface area contributed by atoms with Crippen molar-refractivity contribution < 1.29 is 23.5 Å². The summed E-state index contributed by atoms with van der Waals surface area (Å²) in [5.74, 6) is -1.33. The van der Waals surface area contributed by atoms with Gasteiger partial charge in [-0.05, 0) is 51.8 Å². The fourth-order valence-electron chi connectivity index (χ4n) is 4.05. The molecule has 1 amide bonds. The van der Waals surface area contributed by atoms with Crippen molar-refractivity contribution in [2.24, 2.45) is 0 Å². The predicted octanol–water partition coefficient (Wildman–Crippen LogP) is 4.98. The average Bonchev–Trinajstić information content (AvgIpc) is 3.37. The first-order valence-electron chi connectivity index (χ1n) is 11.3. The Labute approximate surface area is 206 Å². The van der Waals surface area contributed by atoms with Crippen molar-refractivity contribution in [3.8, 4) is 0 Å². The van der Waals surface area contributed by atoms with Crippen molar-refractivity contribution in [1.82, 2.24) is 14.6 Å². The minimum absolute atomic E-state index is 0.0700. The number of amides is 1. The monoisotopic (exact) mass is 494 g/mol. The number of carbonyl (C=O) groups is 3. The van der Waals surface area contributed by atoms with Gasteiger partial charge in [0, 0.05) is 5.39 Å². The zero-order valence-electron chi connectivity index (χ0n) is 20.2. The summed E-state index contributed by atoms with van der Waals surface area (Å²) in [7, 11) is 0. The standard InChI is InChI=1S/C25H26N4O5S/c1-6-18(22(31)26-23-21(24(32)33-7-2)20(14(4)30)15(5)34-23)35-25-28-27-19-12-13(3)16-10-8-9-11-17(16)29(19)25/h8-12,18H,6-7H2,1-5H3,(H,26,31). The van der Waals surface area contributed by atoms with Crippen LogP contribution in [0.4, 0.5) is 5.88 Å². The maximum atomic E-state index is 13.3. The molecule has 0 aliphatic heterocycles. The number of ether oxygens (including phenoxy) is 1. The molecule has 35 heavy (non-hydrogen) atoms. The average molecular weight is 495 g/mol. The molecular formula is C25H26N4O5S. The summed E-state index contributed by atoms with van der Waals surface area (Å²) in [4.78, 5) is 38.0. The van der Waals surface area contributed by atoms with E-state index in [1.54, 1.807) is 13.8 Å². The van der Waals surface area contributed by atoms with Crippen molar-refractivity contribution >= 4 is 51.9 Å². The number of nitrogens with zero attached hydrogens (tertiary/aromatic N) is 3. The van der Waals surface area contributed by atoms with Crippen LogP contribution in [0.25, 0.3) is 16.6 Å². The van der Waals surface area contributed by atoms with E-state index < -0.39 is 11.2 Å². The number of esters is 1. The quantitative estimate of drug-likeness (QED) is 0.207. The lowest BCUT2D eigenvalue weighted by atomic mass is 10.1. The molecule has 1 atom stereocenters. The topological polar surface area (TPSA) is 116 Å². The maximum absolute atomic E-state index is 13.3. The molecule has 0 aliphatic carbocycles. The molecule has 0 bridgehead atoms. The SMILES string of the molecule is CCOC(=O)c1c(NC(=O)C(CC)Sc2nnc3cc(C)c4ccccc4n23)oc(C)c1C(C)=O. The van der Waals surface area contributed by atoms with E-state index in [2.05, 4.69) is 15.5 Å². The second-order valence-corrected chi connectivity index (χ2v) is 9.21. The number of pyridine rings is 1. The van der Waals surface area contributed by atoms with Gasteiger partial charge in [-0.2, -0.15) is 0 Å². The number of benzene rings is 1. The first kappa shape index (κ1) is 24.5. The summed E-state index contributed by atoms with van der Waals surface area (Å²) >= 11 is 1.27. The molecule has 3 heterocycles. The van der Waals surface area contributed by atoms with Crippen molar-refractivity contribution in [2.45, 2.75) is 51.4 Å². The molecule has 9 nitrogen and oxygen atoms in total. The molecule has 3 aromatic heterocycles. The predicted molar refractivity (Wildman–Crippen MR) is 133 cm³/mol. The number of aryl methyl sites for hydroxylation is 2. The summed E-state index contributed by atoms with van der Waals surface area (Å²) < 4.78 is 12.6. The van der Waals surface area contributed by atoms with E-state index >= 15 is 0 Å². The summed E-state index contributed by atoms with van der Waals surface area (Å²) in [5.41, 5.74) is 2.76. The number of thioether (sulfide) groups is 1. The van der Waals surface area contributed by atoms with Gasteiger partial charge in [0.25, 0.3) is 0 Å². The van der Waals surface area contributed by atoms with Crippen LogP contribution in [0.3, 0.4) is 0 Å². The molecule has 4 aromatic rings. The number of hydrogen-bond acceptors (Lipinski definition) is 8. The van der Waals surface area contributed by atoms with E-state index in [0.717, 1.165) is 16.5 Å². The Balaban J connectivity index is 1.67. The third kappa shape index (κ3) is 4.53. The van der Waals surface area contributed by atoms with Crippen LogP contribution in [0.15, 0.2) is 39.9 Å². The third-order valence-corrected chi connectivity index (χ3v) is 6.94. The lowest BCUT2D eigenvalue weighted by molar-refractivity contribution is -0.115. The van der Waals surface area contributed by atoms with E-state index in [0.29, 0.717) is 17.2 Å².